The maximum absolute atomic E-state index is 8.47. The molecule has 0 aliphatic carbocycles. The van der Waals surface area contributed by atoms with Gasteiger partial charge in [0, 0.05) is 54.6 Å². The van der Waals surface area contributed by atoms with Crippen LogP contribution in [0.25, 0.3) is 0 Å². The smallest absolute Gasteiger partial charge is 0.0677 e. The Hall–Kier alpha value is -4.03. The average Bonchev–Trinajstić information content (AvgIpc) is 3.76. The molecule has 256 valence electrons. The Morgan fingerprint density at radius 2 is 1.39 bits per heavy atom. The van der Waals surface area contributed by atoms with Crippen LogP contribution >= 0.6 is 0 Å². The molecule has 0 saturated heterocycles. The molecule has 0 bridgehead atoms. The molecule has 12 heteroatoms. The van der Waals surface area contributed by atoms with Gasteiger partial charge in [0.25, 0.3) is 0 Å². The minimum Gasteiger partial charge on any atom is -0.394 e. The van der Waals surface area contributed by atoms with Crippen LogP contribution in [0.4, 0.5) is 0 Å². The predicted octanol–water partition coefficient (Wildman–Crippen LogP) is 5.50. The van der Waals surface area contributed by atoms with E-state index < -0.39 is 0 Å². The molecule has 0 spiro atoms. The number of aliphatic hydroxyl groups is 2. The Kier molecular flexibility index (Phi) is 16.4. The molecule has 0 aromatic carbocycles. The van der Waals surface area contributed by atoms with Crippen LogP contribution in [0, 0.1) is 13.8 Å². The molecular weight excluding hydrogens is 580 g/mol. The molecule has 0 atom stereocenters. The zero-order chi connectivity index (χ0) is 35.0. The largest absolute Gasteiger partial charge is 0.394 e. The van der Waals surface area contributed by atoms with Crippen LogP contribution in [-0.2, 0) is 36.4 Å². The number of aromatic nitrogens is 10. The molecule has 4 N–H and O–H groups in total. The van der Waals surface area contributed by atoms with Crippen LogP contribution in [0.3, 0.4) is 0 Å². The van der Waals surface area contributed by atoms with E-state index in [9.17, 15) is 0 Å². The van der Waals surface area contributed by atoms with Gasteiger partial charge in [-0.3, -0.25) is 24.2 Å². The number of hydrogen-bond donors (Lipinski definition) is 4. The van der Waals surface area contributed by atoms with E-state index in [4.69, 9.17) is 10.2 Å². The molecule has 5 heterocycles. The second-order valence-corrected chi connectivity index (χ2v) is 14.0. The summed E-state index contributed by atoms with van der Waals surface area (Å²) < 4.78 is 5.27. The normalized spacial score (nSPS) is 11.2. The van der Waals surface area contributed by atoms with E-state index in [0.717, 1.165) is 17.0 Å². The maximum atomic E-state index is 8.47. The molecule has 0 aliphatic rings. The SMILES string of the molecule is CC(C)(C)c1ccn[nH]1.CC(C)(C)c1cn[nH]c1.Cc1ccn(CCO)n1.Cc1cnn(CCO)c1.Cn1ccc(C(C)(C)C)n1. The third-order valence-electron chi connectivity index (χ3n) is 6.35. The van der Waals surface area contributed by atoms with Gasteiger partial charge < -0.3 is 10.2 Å². The van der Waals surface area contributed by atoms with Crippen molar-refractivity contribution in [1.29, 1.82) is 0 Å². The third kappa shape index (κ3) is 16.3. The number of H-pyrrole nitrogens is 2. The first kappa shape index (κ1) is 40.0. The fourth-order valence-corrected chi connectivity index (χ4v) is 3.53. The number of rotatable bonds is 4. The van der Waals surface area contributed by atoms with E-state index in [1.165, 1.54) is 11.3 Å². The molecule has 5 aromatic rings. The molecule has 5 rings (SSSR count). The number of nitrogens with zero attached hydrogens (tertiary/aromatic N) is 8. The van der Waals surface area contributed by atoms with E-state index in [1.807, 2.05) is 68.7 Å². The monoisotopic (exact) mass is 638 g/mol. The topological polar surface area (TPSA) is 151 Å². The minimum absolute atomic E-state index is 0.154. The summed E-state index contributed by atoms with van der Waals surface area (Å²) in [6, 6.07) is 5.97. The number of aliphatic hydroxyl groups excluding tert-OH is 2. The summed E-state index contributed by atoms with van der Waals surface area (Å²) in [5, 5.41) is 42.7. The highest BCUT2D eigenvalue weighted by Crippen LogP contribution is 2.20. The van der Waals surface area contributed by atoms with Crippen molar-refractivity contribution in [2.75, 3.05) is 13.2 Å². The predicted molar refractivity (Wildman–Crippen MR) is 185 cm³/mol. The van der Waals surface area contributed by atoms with Crippen LogP contribution < -0.4 is 0 Å². The zero-order valence-electron chi connectivity index (χ0n) is 30.1. The van der Waals surface area contributed by atoms with Crippen LogP contribution in [0.1, 0.15) is 90.5 Å². The number of aryl methyl sites for hydroxylation is 3. The Bertz CT molecular complexity index is 1360. The second-order valence-electron chi connectivity index (χ2n) is 14.0. The van der Waals surface area contributed by atoms with Gasteiger partial charge in [0.05, 0.1) is 50.1 Å². The molecule has 46 heavy (non-hydrogen) atoms. The fraction of sp³-hybridized carbons (Fsp3) is 0.559. The second kappa shape index (κ2) is 18.8. The molecule has 0 aliphatic heterocycles. The molecule has 12 nitrogen and oxygen atoms in total. The Morgan fingerprint density at radius 3 is 1.70 bits per heavy atom. The molecule has 0 saturated carbocycles. The van der Waals surface area contributed by atoms with Crippen molar-refractivity contribution in [3.05, 3.63) is 89.8 Å². The van der Waals surface area contributed by atoms with E-state index in [1.54, 1.807) is 21.8 Å². The van der Waals surface area contributed by atoms with Gasteiger partial charge in [-0.1, -0.05) is 62.3 Å². The lowest BCUT2D eigenvalue weighted by Crippen LogP contribution is -2.12. The van der Waals surface area contributed by atoms with Gasteiger partial charge in [-0.05, 0) is 48.6 Å². The van der Waals surface area contributed by atoms with Crippen molar-refractivity contribution in [3.63, 3.8) is 0 Å². The number of hydrogen-bond acceptors (Lipinski definition) is 7. The van der Waals surface area contributed by atoms with Gasteiger partial charge in [0.15, 0.2) is 0 Å². The highest BCUT2D eigenvalue weighted by atomic mass is 16.3. The van der Waals surface area contributed by atoms with Gasteiger partial charge >= 0.3 is 0 Å². The van der Waals surface area contributed by atoms with E-state index in [0.29, 0.717) is 13.1 Å². The first-order valence-corrected chi connectivity index (χ1v) is 15.6. The lowest BCUT2D eigenvalue weighted by Gasteiger charge is -2.14. The first-order chi connectivity index (χ1) is 21.4. The van der Waals surface area contributed by atoms with Crippen LogP contribution in [0.2, 0.25) is 0 Å². The van der Waals surface area contributed by atoms with Crippen molar-refractivity contribution in [1.82, 2.24) is 49.7 Å². The van der Waals surface area contributed by atoms with Crippen molar-refractivity contribution in [2.24, 2.45) is 7.05 Å². The number of aromatic amines is 2. The molecule has 0 radical (unpaired) electrons. The molecule has 5 aromatic heterocycles. The molecule has 0 unspecified atom stereocenters. The van der Waals surface area contributed by atoms with Crippen molar-refractivity contribution in [2.45, 2.75) is 105 Å². The number of nitrogens with one attached hydrogen (secondary N) is 2. The zero-order valence-corrected chi connectivity index (χ0v) is 30.1. The summed E-state index contributed by atoms with van der Waals surface area (Å²) in [5.74, 6) is 0. The third-order valence-corrected chi connectivity index (χ3v) is 6.35. The van der Waals surface area contributed by atoms with Gasteiger partial charge in [0.1, 0.15) is 0 Å². The highest BCUT2D eigenvalue weighted by Gasteiger charge is 2.16. The van der Waals surface area contributed by atoms with Gasteiger partial charge in [0.2, 0.25) is 0 Å². The van der Waals surface area contributed by atoms with Crippen molar-refractivity contribution in [3.8, 4) is 0 Å². The quantitative estimate of drug-likeness (QED) is 0.203. The molecule has 0 amide bonds. The Labute approximate surface area is 275 Å². The lowest BCUT2D eigenvalue weighted by atomic mass is 9.90. The molecule has 0 fully saturated rings. The van der Waals surface area contributed by atoms with Crippen LogP contribution in [-0.4, -0.2) is 73.2 Å². The van der Waals surface area contributed by atoms with E-state index >= 15 is 0 Å². The molecular formula is C34H58N10O2. The fourth-order valence-electron chi connectivity index (χ4n) is 3.53. The highest BCUT2D eigenvalue weighted by molar-refractivity contribution is 5.14. The van der Waals surface area contributed by atoms with E-state index in [2.05, 4.69) is 104 Å². The van der Waals surface area contributed by atoms with Crippen LogP contribution in [0.5, 0.6) is 0 Å². The average molecular weight is 639 g/mol. The van der Waals surface area contributed by atoms with Crippen molar-refractivity contribution >= 4 is 0 Å². The summed E-state index contributed by atoms with van der Waals surface area (Å²) in [6.07, 6.45) is 13.1. The summed E-state index contributed by atoms with van der Waals surface area (Å²) in [4.78, 5) is 0. The lowest BCUT2D eigenvalue weighted by molar-refractivity contribution is 0.269. The minimum atomic E-state index is 0.154. The maximum Gasteiger partial charge on any atom is 0.0677 e. The Balaban J connectivity index is 0.000000288. The summed E-state index contributed by atoms with van der Waals surface area (Å²) in [7, 11) is 1.94. The van der Waals surface area contributed by atoms with Gasteiger partial charge in [-0.25, -0.2) is 0 Å². The summed E-state index contributed by atoms with van der Waals surface area (Å²) >= 11 is 0. The van der Waals surface area contributed by atoms with E-state index in [-0.39, 0.29) is 29.5 Å². The van der Waals surface area contributed by atoms with Gasteiger partial charge in [-0.15, -0.1) is 0 Å². The first-order valence-electron chi connectivity index (χ1n) is 15.6. The summed E-state index contributed by atoms with van der Waals surface area (Å²) in [6.45, 7) is 24.8. The van der Waals surface area contributed by atoms with Crippen LogP contribution in [0.15, 0.2) is 61.6 Å². The summed E-state index contributed by atoms with van der Waals surface area (Å²) in [5.41, 5.74) is 6.32. The van der Waals surface area contributed by atoms with Gasteiger partial charge in [-0.2, -0.15) is 25.5 Å². The standard InChI is InChI=1S/C8H14N2.2C7H12N2.2C6H10N2O/c1-8(2,3)7-5-6-10(4)9-7;1-7(2,3)6-4-8-9-5-6;1-7(2,3)6-4-5-8-9-6;1-6-4-7-8(5-6)2-3-9;1-6-2-3-8(7-6)4-5-9/h5-6H,1-4H3;2*4-5H,1-3H3,(H,8,9);4-5,9H,2-3H2,1H3;2-3,9H,4-5H2,1H3. The van der Waals surface area contributed by atoms with Crippen molar-refractivity contribution < 1.29 is 10.2 Å². The Morgan fingerprint density at radius 1 is 0.739 bits per heavy atom.